The number of pyridine rings is 1. The van der Waals surface area contributed by atoms with Crippen molar-refractivity contribution >= 4 is 15.9 Å². The maximum Gasteiger partial charge on any atom is 0.0410 e. The van der Waals surface area contributed by atoms with Gasteiger partial charge in [-0.3, -0.25) is 9.88 Å². The molecule has 18 heavy (non-hydrogen) atoms. The molecule has 0 bridgehead atoms. The van der Waals surface area contributed by atoms with Gasteiger partial charge < -0.3 is 5.32 Å². The maximum atomic E-state index is 4.31. The van der Waals surface area contributed by atoms with Crippen LogP contribution < -0.4 is 5.32 Å². The fourth-order valence-corrected chi connectivity index (χ4v) is 3.34. The molecule has 0 amide bonds. The Balaban J connectivity index is 1.73. The monoisotopic (exact) mass is 309 g/mol. The molecule has 0 spiro atoms. The number of likely N-dealkylation sites (tertiary alicyclic amines) is 1. The lowest BCUT2D eigenvalue weighted by atomic mass is 9.95. The van der Waals surface area contributed by atoms with Gasteiger partial charge in [-0.25, -0.2) is 0 Å². The second-order valence-corrected chi connectivity index (χ2v) is 6.51. The van der Waals surface area contributed by atoms with E-state index in [0.717, 1.165) is 17.1 Å². The van der Waals surface area contributed by atoms with Crippen molar-refractivity contribution in [3.63, 3.8) is 0 Å². The van der Waals surface area contributed by atoms with Crippen molar-refractivity contribution in [2.24, 2.45) is 5.92 Å². The number of rotatable bonds is 4. The molecule has 2 fully saturated rings. The molecule has 98 valence electrons. The number of hydrogen-bond donors (Lipinski definition) is 1. The van der Waals surface area contributed by atoms with Crippen molar-refractivity contribution in [1.82, 2.24) is 15.2 Å². The quantitative estimate of drug-likeness (QED) is 0.926. The topological polar surface area (TPSA) is 28.2 Å². The highest BCUT2D eigenvalue weighted by Gasteiger charge is 2.34. The van der Waals surface area contributed by atoms with Gasteiger partial charge in [0.1, 0.15) is 0 Å². The van der Waals surface area contributed by atoms with Gasteiger partial charge in [-0.1, -0.05) is 0 Å². The molecule has 1 N–H and O–H groups in total. The lowest BCUT2D eigenvalue weighted by molar-refractivity contribution is 0.271. The smallest absolute Gasteiger partial charge is 0.0410 e. The number of hydrogen-bond acceptors (Lipinski definition) is 3. The van der Waals surface area contributed by atoms with Gasteiger partial charge >= 0.3 is 0 Å². The Morgan fingerprint density at radius 3 is 2.94 bits per heavy atom. The zero-order valence-electron chi connectivity index (χ0n) is 10.8. The molecule has 1 aromatic rings. The van der Waals surface area contributed by atoms with Crippen molar-refractivity contribution in [1.29, 1.82) is 0 Å². The van der Waals surface area contributed by atoms with Gasteiger partial charge in [-0.05, 0) is 66.3 Å². The van der Waals surface area contributed by atoms with Gasteiger partial charge in [0.2, 0.25) is 0 Å². The minimum absolute atomic E-state index is 0.515. The van der Waals surface area contributed by atoms with Crippen molar-refractivity contribution < 1.29 is 0 Å². The first-order valence-corrected chi connectivity index (χ1v) is 7.57. The van der Waals surface area contributed by atoms with Crippen LogP contribution in [0.15, 0.2) is 22.9 Å². The number of nitrogens with one attached hydrogen (secondary N) is 1. The third-order valence-electron chi connectivity index (χ3n) is 4.09. The predicted molar refractivity (Wildman–Crippen MR) is 76.4 cm³/mol. The summed E-state index contributed by atoms with van der Waals surface area (Å²) in [5, 5.41) is 3.67. The van der Waals surface area contributed by atoms with Crippen LogP contribution in [-0.2, 0) is 0 Å². The summed E-state index contributed by atoms with van der Waals surface area (Å²) < 4.78 is 1.08. The zero-order chi connectivity index (χ0) is 12.5. The van der Waals surface area contributed by atoms with E-state index in [0.29, 0.717) is 12.0 Å². The molecular formula is C14H20BrN3. The van der Waals surface area contributed by atoms with Gasteiger partial charge in [0.15, 0.2) is 0 Å². The van der Waals surface area contributed by atoms with Crippen LogP contribution in [0.3, 0.4) is 0 Å². The van der Waals surface area contributed by atoms with Crippen LogP contribution in [0.25, 0.3) is 0 Å². The Kier molecular flexibility index (Phi) is 3.68. The second-order valence-electron chi connectivity index (χ2n) is 5.59. The van der Waals surface area contributed by atoms with E-state index in [9.17, 15) is 0 Å². The van der Waals surface area contributed by atoms with E-state index in [1.807, 2.05) is 12.4 Å². The molecule has 0 aromatic carbocycles. The van der Waals surface area contributed by atoms with Crippen molar-refractivity contribution in [3.8, 4) is 0 Å². The first-order chi connectivity index (χ1) is 8.74. The predicted octanol–water partition coefficient (Wildman–Crippen LogP) is 2.59. The molecule has 1 saturated carbocycles. The highest BCUT2D eigenvalue weighted by molar-refractivity contribution is 9.10. The van der Waals surface area contributed by atoms with Gasteiger partial charge in [-0.15, -0.1) is 0 Å². The van der Waals surface area contributed by atoms with Crippen LogP contribution in [-0.4, -0.2) is 36.1 Å². The third kappa shape index (κ3) is 2.76. The molecule has 1 aliphatic heterocycles. The van der Waals surface area contributed by atoms with Crippen LogP contribution in [0.5, 0.6) is 0 Å². The standard InChI is InChI=1S/C14H20BrN3/c1-18-5-4-10(8-17-13-2-3-13)14(18)11-6-12(15)9-16-7-11/h6-7,9-10,13-14,17H,2-5,8H2,1H3. The van der Waals surface area contributed by atoms with E-state index in [2.05, 4.69) is 44.2 Å². The van der Waals surface area contributed by atoms with Crippen LogP contribution >= 0.6 is 15.9 Å². The van der Waals surface area contributed by atoms with E-state index in [4.69, 9.17) is 0 Å². The maximum absolute atomic E-state index is 4.31. The molecule has 3 nitrogen and oxygen atoms in total. The van der Waals surface area contributed by atoms with Gasteiger partial charge in [0.25, 0.3) is 0 Å². The van der Waals surface area contributed by atoms with E-state index in [1.165, 1.54) is 31.4 Å². The van der Waals surface area contributed by atoms with E-state index in [-0.39, 0.29) is 0 Å². The highest BCUT2D eigenvalue weighted by Crippen LogP contribution is 2.36. The first kappa shape index (κ1) is 12.6. The molecule has 3 rings (SSSR count). The minimum atomic E-state index is 0.515. The number of aromatic nitrogens is 1. The average Bonchev–Trinajstić information content (AvgIpc) is 3.10. The molecular weight excluding hydrogens is 290 g/mol. The normalized spacial score (nSPS) is 28.8. The molecule has 4 heteroatoms. The van der Waals surface area contributed by atoms with E-state index >= 15 is 0 Å². The number of halogens is 1. The molecule has 2 unspecified atom stereocenters. The summed E-state index contributed by atoms with van der Waals surface area (Å²) in [6, 6.07) is 3.53. The van der Waals surface area contributed by atoms with Crippen LogP contribution in [0.4, 0.5) is 0 Å². The van der Waals surface area contributed by atoms with E-state index < -0.39 is 0 Å². The Morgan fingerprint density at radius 1 is 1.39 bits per heavy atom. The molecule has 1 aromatic heterocycles. The molecule has 1 aliphatic carbocycles. The van der Waals surface area contributed by atoms with Crippen molar-refractivity contribution in [3.05, 3.63) is 28.5 Å². The summed E-state index contributed by atoms with van der Waals surface area (Å²) in [6.07, 6.45) is 7.89. The third-order valence-corrected chi connectivity index (χ3v) is 4.52. The highest BCUT2D eigenvalue weighted by atomic mass is 79.9. The fraction of sp³-hybridized carbons (Fsp3) is 0.643. The summed E-state index contributed by atoms with van der Waals surface area (Å²) in [7, 11) is 2.22. The Hall–Kier alpha value is -0.450. The largest absolute Gasteiger partial charge is 0.314 e. The van der Waals surface area contributed by atoms with Crippen LogP contribution in [0, 0.1) is 5.92 Å². The van der Waals surface area contributed by atoms with Crippen LogP contribution in [0.2, 0.25) is 0 Å². The molecule has 2 aliphatic rings. The summed E-state index contributed by atoms with van der Waals surface area (Å²) in [5.41, 5.74) is 1.34. The molecule has 2 heterocycles. The lowest BCUT2D eigenvalue weighted by Crippen LogP contribution is -2.29. The molecule has 2 atom stereocenters. The average molecular weight is 310 g/mol. The lowest BCUT2D eigenvalue weighted by Gasteiger charge is -2.25. The Labute approximate surface area is 117 Å². The summed E-state index contributed by atoms with van der Waals surface area (Å²) in [6.45, 7) is 2.33. The summed E-state index contributed by atoms with van der Waals surface area (Å²) >= 11 is 3.52. The van der Waals surface area contributed by atoms with Gasteiger partial charge in [0.05, 0.1) is 0 Å². The van der Waals surface area contributed by atoms with Crippen molar-refractivity contribution in [2.75, 3.05) is 20.1 Å². The SMILES string of the molecule is CN1CCC(CNC2CC2)C1c1cncc(Br)c1. The van der Waals surface area contributed by atoms with Crippen molar-refractivity contribution in [2.45, 2.75) is 31.3 Å². The summed E-state index contributed by atoms with van der Waals surface area (Å²) in [4.78, 5) is 6.77. The van der Waals surface area contributed by atoms with Gasteiger partial charge in [-0.2, -0.15) is 0 Å². The fourth-order valence-electron chi connectivity index (χ4n) is 2.96. The van der Waals surface area contributed by atoms with Crippen LogP contribution in [0.1, 0.15) is 30.9 Å². The molecule has 0 radical (unpaired) electrons. The molecule has 1 saturated heterocycles. The minimum Gasteiger partial charge on any atom is -0.314 e. The first-order valence-electron chi connectivity index (χ1n) is 6.78. The Morgan fingerprint density at radius 2 is 2.22 bits per heavy atom. The summed E-state index contributed by atoms with van der Waals surface area (Å²) in [5.74, 6) is 0.715. The second kappa shape index (κ2) is 5.27. The number of nitrogens with zero attached hydrogens (tertiary/aromatic N) is 2. The van der Waals surface area contributed by atoms with Gasteiger partial charge in [0, 0.05) is 35.5 Å². The Bertz CT molecular complexity index is 419. The zero-order valence-corrected chi connectivity index (χ0v) is 12.4. The van der Waals surface area contributed by atoms with E-state index in [1.54, 1.807) is 0 Å².